The van der Waals surface area contributed by atoms with Crippen LogP contribution in [0.5, 0.6) is 0 Å². The average molecular weight is 283 g/mol. The lowest BCUT2D eigenvalue weighted by Crippen LogP contribution is -2.18. The molecule has 0 bridgehead atoms. The number of hydrogen-bond acceptors (Lipinski definition) is 3. The Bertz CT molecular complexity index is 215. The first-order chi connectivity index (χ1) is 9.26. The van der Waals surface area contributed by atoms with Gasteiger partial charge in [0.15, 0.2) is 0 Å². The van der Waals surface area contributed by atoms with Gasteiger partial charge in [0.25, 0.3) is 0 Å². The van der Waals surface area contributed by atoms with Gasteiger partial charge in [-0.3, -0.25) is 0 Å². The zero-order valence-electron chi connectivity index (χ0n) is 12.4. The second-order valence-electron chi connectivity index (χ2n) is 5.56. The van der Waals surface area contributed by atoms with Gasteiger partial charge in [-0.2, -0.15) is 0 Å². The molecule has 1 aliphatic carbocycles. The fourth-order valence-corrected chi connectivity index (χ4v) is 3.10. The third-order valence-corrected chi connectivity index (χ3v) is 4.42. The lowest BCUT2D eigenvalue weighted by atomic mass is 9.52. The minimum absolute atomic E-state index is 0.169. The molecule has 2 atom stereocenters. The van der Waals surface area contributed by atoms with E-state index in [0.29, 0.717) is 11.6 Å². The fourth-order valence-electron chi connectivity index (χ4n) is 2.66. The summed E-state index contributed by atoms with van der Waals surface area (Å²) in [5, 5.41) is 0. The molecule has 1 rings (SSSR count). The summed E-state index contributed by atoms with van der Waals surface area (Å²) >= 11 is 0. The van der Waals surface area contributed by atoms with E-state index in [1.807, 2.05) is 14.4 Å². The van der Waals surface area contributed by atoms with Gasteiger partial charge in [0, 0.05) is 0 Å². The van der Waals surface area contributed by atoms with Crippen LogP contribution in [-0.4, -0.2) is 27.9 Å². The highest BCUT2D eigenvalue weighted by molar-refractivity contribution is 7.27. The van der Waals surface area contributed by atoms with Crippen LogP contribution >= 0.6 is 9.03 Å². The summed E-state index contributed by atoms with van der Waals surface area (Å²) in [7, 11) is 4.65. The van der Waals surface area contributed by atoms with Gasteiger partial charge >= 0.3 is 7.48 Å². The summed E-state index contributed by atoms with van der Waals surface area (Å²) in [6.45, 7) is 5.72. The molecular formula is C13H28B2NO2P. The lowest BCUT2D eigenvalue weighted by molar-refractivity contribution is 0.351. The number of hydrogen-bond donors (Lipinski definition) is 1. The van der Waals surface area contributed by atoms with E-state index in [1.165, 1.54) is 38.5 Å². The van der Waals surface area contributed by atoms with E-state index in [2.05, 4.69) is 14.2 Å². The number of rotatable bonds is 8. The molecule has 2 radical (unpaired) electrons. The molecule has 6 heteroatoms. The predicted molar refractivity (Wildman–Crippen MR) is 86.2 cm³/mol. The van der Waals surface area contributed by atoms with Crippen LogP contribution in [0.25, 0.3) is 0 Å². The van der Waals surface area contributed by atoms with Gasteiger partial charge in [-0.1, -0.05) is 57.1 Å². The van der Waals surface area contributed by atoms with Gasteiger partial charge in [-0.05, 0) is 19.3 Å². The molecule has 3 nitrogen and oxygen atoms in total. The molecule has 0 aromatic heterocycles. The van der Waals surface area contributed by atoms with Crippen LogP contribution in [0.1, 0.15) is 52.4 Å². The maximum atomic E-state index is 5.70. The second-order valence-corrected chi connectivity index (χ2v) is 6.25. The summed E-state index contributed by atoms with van der Waals surface area (Å²) < 4.78 is 10.7. The Balaban J connectivity index is 2.15. The molecule has 19 heavy (non-hydrogen) atoms. The van der Waals surface area contributed by atoms with Gasteiger partial charge in [0.2, 0.25) is 0 Å². The minimum Gasteiger partial charge on any atom is -0.402 e. The van der Waals surface area contributed by atoms with E-state index in [-0.39, 0.29) is 9.03 Å². The SMILES string of the molecule is CCOPO[B]C1CCCC([B]C(C)CN)CCC1. The molecular weight excluding hydrogens is 255 g/mol. The molecule has 1 fully saturated rings. The predicted octanol–water partition coefficient (Wildman–Crippen LogP) is 3.57. The van der Waals surface area contributed by atoms with Crippen molar-refractivity contribution in [1.82, 2.24) is 0 Å². The fraction of sp³-hybridized carbons (Fsp3) is 1.00. The highest BCUT2D eigenvalue weighted by Gasteiger charge is 2.20. The van der Waals surface area contributed by atoms with Crippen LogP contribution in [0.15, 0.2) is 0 Å². The first kappa shape index (κ1) is 17.5. The van der Waals surface area contributed by atoms with E-state index in [9.17, 15) is 0 Å². The van der Waals surface area contributed by atoms with Gasteiger partial charge in [0.1, 0.15) is 16.3 Å². The zero-order valence-corrected chi connectivity index (χ0v) is 13.4. The van der Waals surface area contributed by atoms with Gasteiger partial charge in [-0.15, -0.1) is 0 Å². The van der Waals surface area contributed by atoms with Crippen molar-refractivity contribution in [2.24, 2.45) is 5.73 Å². The minimum atomic E-state index is 0.169. The van der Waals surface area contributed by atoms with Gasteiger partial charge < -0.3 is 14.7 Å². The summed E-state index contributed by atoms with van der Waals surface area (Å²) in [5.41, 5.74) is 5.70. The van der Waals surface area contributed by atoms with Gasteiger partial charge in [0.05, 0.1) is 6.61 Å². The number of nitrogens with two attached hydrogens (primary N) is 1. The van der Waals surface area contributed by atoms with E-state index < -0.39 is 0 Å². The van der Waals surface area contributed by atoms with Crippen LogP contribution in [-0.2, 0) is 8.96 Å². The summed E-state index contributed by atoms with van der Waals surface area (Å²) in [6, 6.07) is 0. The van der Waals surface area contributed by atoms with Crippen molar-refractivity contribution in [2.45, 2.75) is 69.8 Å². The summed E-state index contributed by atoms with van der Waals surface area (Å²) in [6.07, 6.45) is 7.70. The van der Waals surface area contributed by atoms with Crippen molar-refractivity contribution in [3.05, 3.63) is 0 Å². The monoisotopic (exact) mass is 283 g/mol. The Morgan fingerprint density at radius 2 is 1.84 bits per heavy atom. The standard InChI is InChI=1S/C13H28B2NO2P/c1-3-17-19-18-15-13-8-4-6-12(7-5-9-13)14-11(2)10-16/h11-13,19H,3-10,16H2,1-2H3. The largest absolute Gasteiger partial charge is 0.402 e. The molecule has 2 N–H and O–H groups in total. The molecule has 108 valence electrons. The topological polar surface area (TPSA) is 44.5 Å². The molecule has 2 unspecified atom stereocenters. The maximum absolute atomic E-state index is 5.70. The summed E-state index contributed by atoms with van der Waals surface area (Å²) in [4.78, 5) is 0. The Morgan fingerprint density at radius 3 is 2.42 bits per heavy atom. The molecule has 0 aliphatic heterocycles. The van der Waals surface area contributed by atoms with Crippen molar-refractivity contribution in [1.29, 1.82) is 0 Å². The van der Waals surface area contributed by atoms with Crippen molar-refractivity contribution in [3.8, 4) is 0 Å². The van der Waals surface area contributed by atoms with E-state index in [1.54, 1.807) is 0 Å². The highest BCUT2D eigenvalue weighted by atomic mass is 31.1. The van der Waals surface area contributed by atoms with E-state index >= 15 is 0 Å². The van der Waals surface area contributed by atoms with E-state index in [4.69, 9.17) is 14.7 Å². The van der Waals surface area contributed by atoms with Crippen molar-refractivity contribution < 1.29 is 8.96 Å². The third-order valence-electron chi connectivity index (χ3n) is 3.78. The van der Waals surface area contributed by atoms with E-state index in [0.717, 1.165) is 19.0 Å². The smallest absolute Gasteiger partial charge is 0.304 e. The molecule has 0 saturated heterocycles. The third kappa shape index (κ3) is 8.34. The maximum Gasteiger partial charge on any atom is 0.304 e. The molecule has 0 aromatic carbocycles. The first-order valence-electron chi connectivity index (χ1n) is 7.67. The molecule has 1 saturated carbocycles. The quantitative estimate of drug-likeness (QED) is 0.420. The lowest BCUT2D eigenvalue weighted by Gasteiger charge is -2.25. The Kier molecular flexibility index (Phi) is 10.3. The Hall–Kier alpha value is 0.440. The normalized spacial score (nSPS) is 26.9. The van der Waals surface area contributed by atoms with Crippen molar-refractivity contribution >= 4 is 23.8 Å². The zero-order chi connectivity index (χ0) is 13.9. The highest BCUT2D eigenvalue weighted by Crippen LogP contribution is 2.33. The van der Waals surface area contributed by atoms with Crippen LogP contribution in [0, 0.1) is 0 Å². The molecule has 0 spiro atoms. The Morgan fingerprint density at radius 1 is 1.21 bits per heavy atom. The molecule has 1 aliphatic rings. The average Bonchev–Trinajstić information content (AvgIpc) is 2.39. The molecule has 0 amide bonds. The van der Waals surface area contributed by atoms with Crippen LogP contribution in [0.3, 0.4) is 0 Å². The Labute approximate surface area is 122 Å². The molecule has 0 aromatic rings. The van der Waals surface area contributed by atoms with Crippen LogP contribution < -0.4 is 5.73 Å². The summed E-state index contributed by atoms with van der Waals surface area (Å²) in [5.74, 6) is 1.94. The van der Waals surface area contributed by atoms with Crippen molar-refractivity contribution in [2.75, 3.05) is 13.2 Å². The van der Waals surface area contributed by atoms with Crippen LogP contribution in [0.2, 0.25) is 17.5 Å². The van der Waals surface area contributed by atoms with Crippen molar-refractivity contribution in [3.63, 3.8) is 0 Å². The van der Waals surface area contributed by atoms with Crippen LogP contribution in [0.4, 0.5) is 0 Å². The first-order valence-corrected chi connectivity index (χ1v) is 8.48. The second kappa shape index (κ2) is 11.1. The van der Waals surface area contributed by atoms with Gasteiger partial charge in [-0.25, -0.2) is 0 Å². The molecule has 0 heterocycles.